The average Bonchev–Trinajstić information content (AvgIpc) is 2.97. The largest absolute Gasteiger partial charge is 0.378 e. The average molecular weight is 288 g/mol. The molecule has 0 spiro atoms. The fourth-order valence-electron chi connectivity index (χ4n) is 2.44. The fraction of sp³-hybridized carbons (Fsp3) is 0.533. The van der Waals surface area contributed by atoms with E-state index in [-0.39, 0.29) is 0 Å². The van der Waals surface area contributed by atoms with Crippen LogP contribution in [0.5, 0.6) is 0 Å². The molecule has 0 radical (unpaired) electrons. The van der Waals surface area contributed by atoms with E-state index in [4.69, 9.17) is 9.26 Å². The second kappa shape index (κ2) is 6.78. The molecule has 1 N–H and O–H groups in total. The van der Waals surface area contributed by atoms with Crippen molar-refractivity contribution in [3.05, 3.63) is 29.9 Å². The summed E-state index contributed by atoms with van der Waals surface area (Å²) in [6.07, 6.45) is 6.67. The van der Waals surface area contributed by atoms with Gasteiger partial charge in [-0.25, -0.2) is 0 Å². The third-order valence-corrected chi connectivity index (χ3v) is 3.70. The molecule has 2 aromatic heterocycles. The molecule has 112 valence electrons. The van der Waals surface area contributed by atoms with Gasteiger partial charge in [0, 0.05) is 18.0 Å². The van der Waals surface area contributed by atoms with Gasteiger partial charge in [-0.2, -0.15) is 4.98 Å². The molecule has 1 saturated heterocycles. The van der Waals surface area contributed by atoms with Gasteiger partial charge in [-0.05, 0) is 44.5 Å². The van der Waals surface area contributed by atoms with Gasteiger partial charge in [-0.15, -0.1) is 0 Å². The van der Waals surface area contributed by atoms with Crippen molar-refractivity contribution in [1.82, 2.24) is 20.4 Å². The van der Waals surface area contributed by atoms with Crippen LogP contribution in [0, 0.1) is 6.92 Å². The second-order valence-corrected chi connectivity index (χ2v) is 5.27. The van der Waals surface area contributed by atoms with Crippen molar-refractivity contribution in [2.75, 3.05) is 19.7 Å². The standard InChI is InChI=1S/C15H20N4O2/c1-11-2-6-17-10-13(11)15-18-14(21-19-15)5-9-20-12-3-7-16-8-4-12/h2,6,10,12,16H,3-5,7-9H2,1H3. The lowest BCUT2D eigenvalue weighted by Crippen LogP contribution is -2.32. The van der Waals surface area contributed by atoms with Crippen LogP contribution in [0.15, 0.2) is 23.0 Å². The number of pyridine rings is 1. The molecule has 3 heterocycles. The summed E-state index contributed by atoms with van der Waals surface area (Å²) in [5.41, 5.74) is 2.00. The van der Waals surface area contributed by atoms with Crippen LogP contribution in [0.2, 0.25) is 0 Å². The van der Waals surface area contributed by atoms with E-state index in [0.29, 0.717) is 30.8 Å². The Bertz CT molecular complexity index is 579. The van der Waals surface area contributed by atoms with Crippen LogP contribution in [-0.4, -0.2) is 40.9 Å². The zero-order valence-electron chi connectivity index (χ0n) is 12.2. The third-order valence-electron chi connectivity index (χ3n) is 3.70. The Morgan fingerprint density at radius 2 is 2.24 bits per heavy atom. The lowest BCUT2D eigenvalue weighted by Gasteiger charge is -2.22. The molecule has 0 aromatic carbocycles. The van der Waals surface area contributed by atoms with Crippen molar-refractivity contribution in [3.8, 4) is 11.4 Å². The molecule has 0 saturated carbocycles. The van der Waals surface area contributed by atoms with Crippen LogP contribution in [0.25, 0.3) is 11.4 Å². The summed E-state index contributed by atoms with van der Waals surface area (Å²) < 4.78 is 11.1. The normalized spacial score (nSPS) is 16.2. The predicted octanol–water partition coefficient (Wildman–Crippen LogP) is 1.75. The summed E-state index contributed by atoms with van der Waals surface area (Å²) in [7, 11) is 0. The lowest BCUT2D eigenvalue weighted by molar-refractivity contribution is 0.0322. The smallest absolute Gasteiger partial charge is 0.229 e. The highest BCUT2D eigenvalue weighted by Gasteiger charge is 2.14. The number of ether oxygens (including phenoxy) is 1. The van der Waals surface area contributed by atoms with Crippen molar-refractivity contribution in [3.63, 3.8) is 0 Å². The number of nitrogens with one attached hydrogen (secondary N) is 1. The van der Waals surface area contributed by atoms with E-state index in [0.717, 1.165) is 37.1 Å². The Morgan fingerprint density at radius 3 is 3.05 bits per heavy atom. The second-order valence-electron chi connectivity index (χ2n) is 5.27. The van der Waals surface area contributed by atoms with Gasteiger partial charge >= 0.3 is 0 Å². The summed E-state index contributed by atoms with van der Waals surface area (Å²) in [4.78, 5) is 8.52. The van der Waals surface area contributed by atoms with E-state index < -0.39 is 0 Å². The first-order chi connectivity index (χ1) is 10.3. The Hall–Kier alpha value is -1.79. The molecule has 6 nitrogen and oxygen atoms in total. The maximum Gasteiger partial charge on any atom is 0.229 e. The highest BCUT2D eigenvalue weighted by Crippen LogP contribution is 2.18. The number of piperidine rings is 1. The van der Waals surface area contributed by atoms with E-state index in [1.807, 2.05) is 13.0 Å². The van der Waals surface area contributed by atoms with Gasteiger partial charge in [0.2, 0.25) is 11.7 Å². The third kappa shape index (κ3) is 3.65. The van der Waals surface area contributed by atoms with Gasteiger partial charge in [-0.3, -0.25) is 4.98 Å². The summed E-state index contributed by atoms with van der Waals surface area (Å²) in [5, 5.41) is 7.34. The molecule has 0 aliphatic carbocycles. The van der Waals surface area contributed by atoms with Gasteiger partial charge in [0.05, 0.1) is 19.1 Å². The molecule has 1 fully saturated rings. The highest BCUT2D eigenvalue weighted by molar-refractivity contribution is 5.57. The van der Waals surface area contributed by atoms with Crippen molar-refractivity contribution in [1.29, 1.82) is 0 Å². The minimum Gasteiger partial charge on any atom is -0.378 e. The molecule has 1 aliphatic heterocycles. The summed E-state index contributed by atoms with van der Waals surface area (Å²) in [5.74, 6) is 1.21. The minimum absolute atomic E-state index is 0.356. The maximum atomic E-state index is 5.85. The zero-order valence-corrected chi connectivity index (χ0v) is 12.2. The first-order valence-corrected chi connectivity index (χ1v) is 7.39. The van der Waals surface area contributed by atoms with Crippen molar-refractivity contribution < 1.29 is 9.26 Å². The Kier molecular flexibility index (Phi) is 4.57. The van der Waals surface area contributed by atoms with Gasteiger partial charge in [-0.1, -0.05) is 5.16 Å². The molecule has 0 bridgehead atoms. The Morgan fingerprint density at radius 1 is 1.38 bits per heavy atom. The number of hydrogen-bond donors (Lipinski definition) is 1. The van der Waals surface area contributed by atoms with Crippen LogP contribution in [0.3, 0.4) is 0 Å². The van der Waals surface area contributed by atoms with Gasteiger partial charge < -0.3 is 14.6 Å². The zero-order chi connectivity index (χ0) is 14.5. The summed E-state index contributed by atoms with van der Waals surface area (Å²) in [6.45, 7) is 4.71. The van der Waals surface area contributed by atoms with Crippen LogP contribution in [0.1, 0.15) is 24.3 Å². The quantitative estimate of drug-likeness (QED) is 0.903. The predicted molar refractivity (Wildman–Crippen MR) is 77.8 cm³/mol. The lowest BCUT2D eigenvalue weighted by atomic mass is 10.1. The number of rotatable bonds is 5. The molecule has 1 aliphatic rings. The van der Waals surface area contributed by atoms with Crippen LogP contribution in [-0.2, 0) is 11.2 Å². The molecule has 0 amide bonds. The van der Waals surface area contributed by atoms with Crippen molar-refractivity contribution in [2.45, 2.75) is 32.3 Å². The first-order valence-electron chi connectivity index (χ1n) is 7.39. The topological polar surface area (TPSA) is 73.1 Å². The van der Waals surface area contributed by atoms with Crippen LogP contribution in [0.4, 0.5) is 0 Å². The van der Waals surface area contributed by atoms with Crippen LogP contribution < -0.4 is 5.32 Å². The molecule has 0 atom stereocenters. The highest BCUT2D eigenvalue weighted by atomic mass is 16.5. The number of aromatic nitrogens is 3. The molecule has 21 heavy (non-hydrogen) atoms. The van der Waals surface area contributed by atoms with E-state index in [9.17, 15) is 0 Å². The van der Waals surface area contributed by atoms with Gasteiger partial charge in [0.1, 0.15) is 0 Å². The summed E-state index contributed by atoms with van der Waals surface area (Å²) >= 11 is 0. The molecule has 0 unspecified atom stereocenters. The van der Waals surface area contributed by atoms with Crippen LogP contribution >= 0.6 is 0 Å². The Balaban J connectivity index is 1.54. The van der Waals surface area contributed by atoms with E-state index >= 15 is 0 Å². The minimum atomic E-state index is 0.356. The SMILES string of the molecule is Cc1ccncc1-c1noc(CCOC2CCNCC2)n1. The molecular formula is C15H20N4O2. The molecule has 2 aromatic rings. The van der Waals surface area contributed by atoms with E-state index in [1.54, 1.807) is 12.4 Å². The molecule has 3 rings (SSSR count). The Labute approximate surface area is 123 Å². The molecule has 6 heteroatoms. The van der Waals surface area contributed by atoms with E-state index in [2.05, 4.69) is 20.4 Å². The van der Waals surface area contributed by atoms with Gasteiger partial charge in [0.25, 0.3) is 0 Å². The molecular weight excluding hydrogens is 268 g/mol. The summed E-state index contributed by atoms with van der Waals surface area (Å²) in [6, 6.07) is 1.94. The number of nitrogens with zero attached hydrogens (tertiary/aromatic N) is 3. The maximum absolute atomic E-state index is 5.85. The monoisotopic (exact) mass is 288 g/mol. The van der Waals surface area contributed by atoms with Crippen molar-refractivity contribution in [2.24, 2.45) is 0 Å². The number of hydrogen-bond acceptors (Lipinski definition) is 6. The first kappa shape index (κ1) is 14.2. The number of aryl methyl sites for hydroxylation is 1. The van der Waals surface area contributed by atoms with E-state index in [1.165, 1.54) is 0 Å². The fourth-order valence-corrected chi connectivity index (χ4v) is 2.44. The van der Waals surface area contributed by atoms with Gasteiger partial charge in [0.15, 0.2) is 0 Å². The van der Waals surface area contributed by atoms with Crippen molar-refractivity contribution >= 4 is 0 Å².